The molecule has 0 aliphatic heterocycles. The van der Waals surface area contributed by atoms with E-state index < -0.39 is 10.0 Å². The number of methoxy groups -OCH3 is 1. The summed E-state index contributed by atoms with van der Waals surface area (Å²) in [7, 11) is -2.59. The number of ether oxygens (including phenoxy) is 1. The number of benzene rings is 1. The Labute approximate surface area is 178 Å². The molecular formula is C20H21BrN4O3S. The van der Waals surface area contributed by atoms with E-state index in [0.29, 0.717) is 21.8 Å². The lowest BCUT2D eigenvalue weighted by molar-refractivity contribution is 0.397. The van der Waals surface area contributed by atoms with Gasteiger partial charge in [0.1, 0.15) is 9.50 Å². The summed E-state index contributed by atoms with van der Waals surface area (Å²) in [4.78, 5) is 12.5. The minimum atomic E-state index is -3.98. The van der Waals surface area contributed by atoms with Gasteiger partial charge in [0.2, 0.25) is 5.82 Å². The first-order valence-electron chi connectivity index (χ1n) is 8.94. The van der Waals surface area contributed by atoms with E-state index >= 15 is 0 Å². The lowest BCUT2D eigenvalue weighted by Gasteiger charge is -2.13. The summed E-state index contributed by atoms with van der Waals surface area (Å²) in [5.74, 6) is 0.599. The van der Waals surface area contributed by atoms with Crippen LogP contribution in [0.15, 0.2) is 58.3 Å². The summed E-state index contributed by atoms with van der Waals surface area (Å²) in [6.45, 7) is 4.31. The highest BCUT2D eigenvalue weighted by Gasteiger charge is 2.23. The first-order chi connectivity index (χ1) is 13.8. The number of halogens is 1. The molecule has 152 valence electrons. The Morgan fingerprint density at radius 3 is 2.52 bits per heavy atom. The van der Waals surface area contributed by atoms with Crippen molar-refractivity contribution in [1.82, 2.24) is 15.0 Å². The molecule has 0 fully saturated rings. The van der Waals surface area contributed by atoms with Crippen LogP contribution >= 0.6 is 15.9 Å². The third-order valence-electron chi connectivity index (χ3n) is 4.07. The quantitative estimate of drug-likeness (QED) is 0.545. The zero-order valence-corrected chi connectivity index (χ0v) is 18.7. The van der Waals surface area contributed by atoms with Gasteiger partial charge in [-0.05, 0) is 46.0 Å². The van der Waals surface area contributed by atoms with E-state index in [1.165, 1.54) is 24.9 Å². The number of hydrogen-bond donors (Lipinski definition) is 1. The molecule has 2 aromatic heterocycles. The molecule has 0 unspecified atom stereocenters. The van der Waals surface area contributed by atoms with Crippen LogP contribution in [-0.4, -0.2) is 30.5 Å². The van der Waals surface area contributed by atoms with Gasteiger partial charge in [-0.2, -0.15) is 0 Å². The molecule has 1 N–H and O–H groups in total. The van der Waals surface area contributed by atoms with Crippen LogP contribution < -0.4 is 9.46 Å². The lowest BCUT2D eigenvalue weighted by atomic mass is 10.0. The number of sulfonamides is 1. The maximum absolute atomic E-state index is 13.1. The third-order valence-corrected chi connectivity index (χ3v) is 5.82. The molecule has 0 bridgehead atoms. The fourth-order valence-electron chi connectivity index (χ4n) is 2.84. The second-order valence-corrected chi connectivity index (χ2v) is 9.26. The van der Waals surface area contributed by atoms with Gasteiger partial charge in [0.15, 0.2) is 0 Å². The van der Waals surface area contributed by atoms with Crippen LogP contribution in [-0.2, 0) is 16.4 Å². The molecule has 9 heteroatoms. The number of rotatable bonds is 7. The van der Waals surface area contributed by atoms with Gasteiger partial charge < -0.3 is 4.74 Å². The standard InChI is InChI=1S/C20H21BrN4O3S/c1-13(2)11-14-6-8-15(9-7-14)18-16(5-4-10-22-18)29(26,27)25-19-20(28-3)24-17(21)12-23-19/h4-10,12-13H,11H2,1-3H3,(H,23,25). The fourth-order valence-corrected chi connectivity index (χ4v) is 4.29. The summed E-state index contributed by atoms with van der Waals surface area (Å²) in [6, 6.07) is 10.9. The van der Waals surface area contributed by atoms with E-state index in [1.54, 1.807) is 12.3 Å². The van der Waals surface area contributed by atoms with Crippen molar-refractivity contribution in [3.63, 3.8) is 0 Å². The fraction of sp³-hybridized carbons (Fsp3) is 0.250. The highest BCUT2D eigenvalue weighted by molar-refractivity contribution is 9.10. The monoisotopic (exact) mass is 476 g/mol. The van der Waals surface area contributed by atoms with Gasteiger partial charge in [0.05, 0.1) is 19.0 Å². The molecule has 0 radical (unpaired) electrons. The van der Waals surface area contributed by atoms with Crippen molar-refractivity contribution < 1.29 is 13.2 Å². The highest BCUT2D eigenvalue weighted by atomic mass is 79.9. The van der Waals surface area contributed by atoms with Crippen LogP contribution in [0.1, 0.15) is 19.4 Å². The summed E-state index contributed by atoms with van der Waals surface area (Å²) < 4.78 is 34.1. The van der Waals surface area contributed by atoms with Crippen LogP contribution in [0.5, 0.6) is 5.88 Å². The zero-order valence-electron chi connectivity index (χ0n) is 16.3. The van der Waals surface area contributed by atoms with Gasteiger partial charge in [-0.1, -0.05) is 38.1 Å². The van der Waals surface area contributed by atoms with Gasteiger partial charge >= 0.3 is 0 Å². The average molecular weight is 477 g/mol. The first kappa shape index (κ1) is 21.2. The van der Waals surface area contributed by atoms with Crippen LogP contribution in [0.2, 0.25) is 0 Å². The van der Waals surface area contributed by atoms with E-state index in [-0.39, 0.29) is 16.6 Å². The Balaban J connectivity index is 1.97. The van der Waals surface area contributed by atoms with Gasteiger partial charge in [-0.25, -0.2) is 18.4 Å². The minimum Gasteiger partial charge on any atom is -0.478 e. The molecule has 0 aliphatic rings. The Morgan fingerprint density at radius 1 is 1.14 bits per heavy atom. The molecule has 0 amide bonds. The lowest BCUT2D eigenvalue weighted by Crippen LogP contribution is -2.16. The molecule has 0 spiro atoms. The van der Waals surface area contributed by atoms with E-state index in [4.69, 9.17) is 4.74 Å². The van der Waals surface area contributed by atoms with Gasteiger partial charge in [-0.3, -0.25) is 9.71 Å². The first-order valence-corrected chi connectivity index (χ1v) is 11.2. The minimum absolute atomic E-state index is 0.00205. The van der Waals surface area contributed by atoms with Crippen molar-refractivity contribution in [2.75, 3.05) is 11.8 Å². The van der Waals surface area contributed by atoms with Crippen molar-refractivity contribution in [3.8, 4) is 17.1 Å². The Kier molecular flexibility index (Phi) is 6.49. The summed E-state index contributed by atoms with van der Waals surface area (Å²) >= 11 is 3.18. The van der Waals surface area contributed by atoms with E-state index in [2.05, 4.69) is 49.5 Å². The topological polar surface area (TPSA) is 94.1 Å². The Hall–Kier alpha value is -2.52. The Bertz CT molecular complexity index is 1100. The molecule has 2 heterocycles. The Morgan fingerprint density at radius 2 is 1.86 bits per heavy atom. The van der Waals surface area contributed by atoms with E-state index in [9.17, 15) is 8.42 Å². The molecule has 7 nitrogen and oxygen atoms in total. The molecule has 0 aliphatic carbocycles. The predicted molar refractivity (Wildman–Crippen MR) is 115 cm³/mol. The van der Waals surface area contributed by atoms with Crippen LogP contribution in [0.3, 0.4) is 0 Å². The zero-order chi connectivity index (χ0) is 21.0. The number of nitrogens with zero attached hydrogens (tertiary/aromatic N) is 3. The number of hydrogen-bond acceptors (Lipinski definition) is 6. The summed E-state index contributed by atoms with van der Waals surface area (Å²) in [6.07, 6.45) is 3.91. The second-order valence-electron chi connectivity index (χ2n) is 6.80. The molecule has 0 atom stereocenters. The van der Waals surface area contributed by atoms with Crippen LogP contribution in [0, 0.1) is 5.92 Å². The molecule has 0 saturated carbocycles. The molecule has 29 heavy (non-hydrogen) atoms. The molecule has 3 rings (SSSR count). The highest BCUT2D eigenvalue weighted by Crippen LogP contribution is 2.29. The van der Waals surface area contributed by atoms with E-state index in [1.807, 2.05) is 24.3 Å². The van der Waals surface area contributed by atoms with Crippen molar-refractivity contribution in [1.29, 1.82) is 0 Å². The number of aromatic nitrogens is 3. The van der Waals surface area contributed by atoms with Crippen molar-refractivity contribution >= 4 is 31.8 Å². The van der Waals surface area contributed by atoms with Crippen molar-refractivity contribution in [2.24, 2.45) is 5.92 Å². The van der Waals surface area contributed by atoms with Crippen molar-refractivity contribution in [2.45, 2.75) is 25.2 Å². The van der Waals surface area contributed by atoms with Gasteiger partial charge in [0, 0.05) is 11.8 Å². The largest absolute Gasteiger partial charge is 0.478 e. The maximum Gasteiger partial charge on any atom is 0.265 e. The van der Waals surface area contributed by atoms with Gasteiger partial charge in [-0.15, -0.1) is 0 Å². The molecule has 1 aromatic carbocycles. The normalized spacial score (nSPS) is 11.5. The number of nitrogens with one attached hydrogen (secondary N) is 1. The SMILES string of the molecule is COc1nc(Br)cnc1NS(=O)(=O)c1cccnc1-c1ccc(CC(C)C)cc1. The third kappa shape index (κ3) is 5.10. The maximum atomic E-state index is 13.1. The molecule has 3 aromatic rings. The molecule has 0 saturated heterocycles. The van der Waals surface area contributed by atoms with Crippen molar-refractivity contribution in [3.05, 3.63) is 59.0 Å². The second kappa shape index (κ2) is 8.87. The number of anilines is 1. The van der Waals surface area contributed by atoms with Crippen LogP contribution in [0.25, 0.3) is 11.3 Å². The van der Waals surface area contributed by atoms with Gasteiger partial charge in [0.25, 0.3) is 15.9 Å². The van der Waals surface area contributed by atoms with E-state index in [0.717, 1.165) is 6.42 Å². The summed E-state index contributed by atoms with van der Waals surface area (Å²) in [5.41, 5.74) is 2.27. The smallest absolute Gasteiger partial charge is 0.265 e. The average Bonchev–Trinajstić information content (AvgIpc) is 2.69. The molecular weight excluding hydrogens is 456 g/mol. The number of pyridine rings is 1. The van der Waals surface area contributed by atoms with Crippen LogP contribution in [0.4, 0.5) is 5.82 Å². The summed E-state index contributed by atoms with van der Waals surface area (Å²) in [5, 5.41) is 0. The predicted octanol–water partition coefficient (Wildman–Crippen LogP) is 4.31.